The van der Waals surface area contributed by atoms with Gasteiger partial charge in [0.05, 0.1) is 22.9 Å². The molecule has 10 nitrogen and oxygen atoms in total. The van der Waals surface area contributed by atoms with E-state index in [9.17, 15) is 22.3 Å². The van der Waals surface area contributed by atoms with Gasteiger partial charge in [0.15, 0.2) is 11.6 Å². The molecule has 5 aromatic rings. The monoisotopic (exact) mass is 606 g/mol. The molecule has 0 amide bonds. The van der Waals surface area contributed by atoms with Gasteiger partial charge in [-0.15, -0.1) is 5.10 Å². The summed E-state index contributed by atoms with van der Waals surface area (Å²) < 4.78 is 60.6. The number of sulfonamides is 1. The van der Waals surface area contributed by atoms with E-state index >= 15 is 0 Å². The van der Waals surface area contributed by atoms with Crippen molar-refractivity contribution in [2.45, 2.75) is 24.0 Å². The third-order valence-corrected chi connectivity index (χ3v) is 7.79. The topological polar surface area (TPSA) is 131 Å². The standard InChI is InChI=1S/C30H28F2N6O4S/c31-23-5-12-30(28(32)16-23)42-20-25-18-35-38(36-25)26-8-10-27(11-9-26)43(40,41)37-24-6-3-21(4-7-24)13-15-34-19-29(39)22-2-1-14-33-17-22/h1-12,14,16-18,29,34,37,39H,13,15,19-20H2/t29-/m0/s1. The van der Waals surface area contributed by atoms with Gasteiger partial charge in [-0.2, -0.15) is 9.90 Å². The fourth-order valence-electron chi connectivity index (χ4n) is 4.10. The number of pyridine rings is 1. The van der Waals surface area contributed by atoms with Crippen molar-refractivity contribution in [1.82, 2.24) is 25.3 Å². The van der Waals surface area contributed by atoms with E-state index in [-0.39, 0.29) is 17.3 Å². The molecule has 43 heavy (non-hydrogen) atoms. The predicted octanol–water partition coefficient (Wildman–Crippen LogP) is 4.19. The van der Waals surface area contributed by atoms with Gasteiger partial charge in [-0.05, 0) is 73.1 Å². The van der Waals surface area contributed by atoms with Gasteiger partial charge in [0.1, 0.15) is 18.1 Å². The highest BCUT2D eigenvalue weighted by Gasteiger charge is 2.15. The second-order valence-corrected chi connectivity index (χ2v) is 11.2. The average Bonchev–Trinajstić information content (AvgIpc) is 3.49. The molecule has 5 rings (SSSR count). The number of halogens is 2. The van der Waals surface area contributed by atoms with Crippen molar-refractivity contribution < 1.29 is 27.0 Å². The highest BCUT2D eigenvalue weighted by Crippen LogP contribution is 2.20. The molecule has 0 unspecified atom stereocenters. The minimum atomic E-state index is -3.85. The first kappa shape index (κ1) is 29.8. The Kier molecular flexibility index (Phi) is 9.35. The zero-order valence-corrected chi connectivity index (χ0v) is 23.6. The summed E-state index contributed by atoms with van der Waals surface area (Å²) in [4.78, 5) is 5.35. The van der Waals surface area contributed by atoms with E-state index in [1.54, 1.807) is 42.7 Å². The van der Waals surface area contributed by atoms with E-state index in [0.29, 0.717) is 36.6 Å². The fourth-order valence-corrected chi connectivity index (χ4v) is 5.16. The van der Waals surface area contributed by atoms with Crippen molar-refractivity contribution in [1.29, 1.82) is 0 Å². The second-order valence-electron chi connectivity index (χ2n) is 9.54. The maximum Gasteiger partial charge on any atom is 0.261 e. The van der Waals surface area contributed by atoms with Crippen LogP contribution >= 0.6 is 0 Å². The van der Waals surface area contributed by atoms with Crippen molar-refractivity contribution in [3.8, 4) is 11.4 Å². The van der Waals surface area contributed by atoms with Gasteiger partial charge in [0.25, 0.3) is 10.0 Å². The molecule has 0 bridgehead atoms. The summed E-state index contributed by atoms with van der Waals surface area (Å²) in [5.74, 6) is -1.64. The van der Waals surface area contributed by atoms with Gasteiger partial charge in [-0.25, -0.2) is 17.2 Å². The Hall–Kier alpha value is -4.72. The molecule has 2 heterocycles. The molecular weight excluding hydrogens is 578 g/mol. The molecule has 13 heteroatoms. The lowest BCUT2D eigenvalue weighted by Crippen LogP contribution is -2.23. The lowest BCUT2D eigenvalue weighted by Gasteiger charge is -2.12. The Bertz CT molecular complexity index is 1750. The van der Waals surface area contributed by atoms with Gasteiger partial charge in [0.2, 0.25) is 0 Å². The first-order chi connectivity index (χ1) is 20.8. The number of nitrogens with zero attached hydrogens (tertiary/aromatic N) is 4. The summed E-state index contributed by atoms with van der Waals surface area (Å²) in [6.45, 7) is 0.942. The fraction of sp³-hybridized carbons (Fsp3) is 0.167. The molecule has 1 atom stereocenters. The lowest BCUT2D eigenvalue weighted by atomic mass is 10.1. The summed E-state index contributed by atoms with van der Waals surface area (Å²) >= 11 is 0. The predicted molar refractivity (Wildman–Crippen MR) is 155 cm³/mol. The van der Waals surface area contributed by atoms with E-state index in [1.807, 2.05) is 18.2 Å². The molecule has 3 aromatic carbocycles. The molecule has 2 aromatic heterocycles. The summed E-state index contributed by atoms with van der Waals surface area (Å²) in [6.07, 6.45) is 4.77. The minimum absolute atomic E-state index is 0.0548. The number of hydrogen-bond donors (Lipinski definition) is 3. The zero-order valence-electron chi connectivity index (χ0n) is 22.8. The van der Waals surface area contributed by atoms with Gasteiger partial charge in [-0.1, -0.05) is 18.2 Å². The van der Waals surface area contributed by atoms with E-state index < -0.39 is 27.8 Å². The van der Waals surface area contributed by atoms with Crippen LogP contribution < -0.4 is 14.8 Å². The second kappa shape index (κ2) is 13.5. The molecule has 0 aliphatic heterocycles. The molecule has 0 aliphatic rings. The van der Waals surface area contributed by atoms with E-state index in [2.05, 4.69) is 25.2 Å². The molecule has 0 spiro atoms. The normalized spacial score (nSPS) is 12.2. The third-order valence-electron chi connectivity index (χ3n) is 6.39. The molecule has 3 N–H and O–H groups in total. The average molecular weight is 607 g/mol. The molecule has 0 fully saturated rings. The number of ether oxygens (including phenoxy) is 1. The smallest absolute Gasteiger partial charge is 0.261 e. The van der Waals surface area contributed by atoms with E-state index in [4.69, 9.17) is 4.74 Å². The Morgan fingerprint density at radius 3 is 2.49 bits per heavy atom. The van der Waals surface area contributed by atoms with Crippen LogP contribution in [0.5, 0.6) is 5.75 Å². The van der Waals surface area contributed by atoms with Crippen LogP contribution in [0.3, 0.4) is 0 Å². The van der Waals surface area contributed by atoms with Crippen LogP contribution in [0.4, 0.5) is 14.5 Å². The van der Waals surface area contributed by atoms with Crippen LogP contribution in [0.2, 0.25) is 0 Å². The first-order valence-corrected chi connectivity index (χ1v) is 14.8. The number of aromatic nitrogens is 4. The van der Waals surface area contributed by atoms with Crippen molar-refractivity contribution >= 4 is 15.7 Å². The van der Waals surface area contributed by atoms with Gasteiger partial charge in [-0.3, -0.25) is 9.71 Å². The zero-order chi connectivity index (χ0) is 30.2. The van der Waals surface area contributed by atoms with Crippen molar-refractivity contribution in [2.24, 2.45) is 0 Å². The number of aliphatic hydroxyl groups is 1. The van der Waals surface area contributed by atoms with Crippen LogP contribution in [0.1, 0.15) is 22.9 Å². The number of anilines is 1. The van der Waals surface area contributed by atoms with E-state index in [1.165, 1.54) is 29.2 Å². The largest absolute Gasteiger partial charge is 0.484 e. The Morgan fingerprint density at radius 1 is 0.977 bits per heavy atom. The maximum absolute atomic E-state index is 13.8. The van der Waals surface area contributed by atoms with Gasteiger partial charge >= 0.3 is 0 Å². The number of aliphatic hydroxyl groups excluding tert-OH is 1. The quantitative estimate of drug-likeness (QED) is 0.170. The Balaban J connectivity index is 1.11. The van der Waals surface area contributed by atoms with Crippen LogP contribution in [-0.2, 0) is 23.1 Å². The summed E-state index contributed by atoms with van der Waals surface area (Å²) in [5, 5.41) is 21.8. The summed E-state index contributed by atoms with van der Waals surface area (Å²) in [6, 6.07) is 19.7. The number of rotatable bonds is 13. The van der Waals surface area contributed by atoms with Gasteiger partial charge in [0, 0.05) is 36.3 Å². The van der Waals surface area contributed by atoms with E-state index in [0.717, 1.165) is 23.3 Å². The molecule has 222 valence electrons. The van der Waals surface area contributed by atoms with Crippen LogP contribution in [0, 0.1) is 11.6 Å². The highest BCUT2D eigenvalue weighted by molar-refractivity contribution is 7.92. The molecule has 0 saturated heterocycles. The van der Waals surface area contributed by atoms with Crippen molar-refractivity contribution in [3.63, 3.8) is 0 Å². The number of benzene rings is 3. The Labute approximate surface area is 247 Å². The van der Waals surface area contributed by atoms with Crippen LogP contribution in [0.25, 0.3) is 5.69 Å². The maximum atomic E-state index is 13.8. The van der Waals surface area contributed by atoms with Crippen LogP contribution in [-0.4, -0.2) is 46.6 Å². The van der Waals surface area contributed by atoms with Gasteiger partial charge < -0.3 is 15.2 Å². The first-order valence-electron chi connectivity index (χ1n) is 13.3. The summed E-state index contributed by atoms with van der Waals surface area (Å²) in [7, 11) is -3.85. The molecule has 0 saturated carbocycles. The lowest BCUT2D eigenvalue weighted by molar-refractivity contribution is 0.174. The molecule has 0 aliphatic carbocycles. The summed E-state index contributed by atoms with van der Waals surface area (Å²) in [5.41, 5.74) is 3.07. The van der Waals surface area contributed by atoms with Crippen molar-refractivity contribution in [2.75, 3.05) is 17.8 Å². The Morgan fingerprint density at radius 2 is 1.77 bits per heavy atom. The number of nitrogens with one attached hydrogen (secondary N) is 2. The van der Waals surface area contributed by atoms with Crippen LogP contribution in [0.15, 0.2) is 102 Å². The third kappa shape index (κ3) is 7.97. The number of hydrogen-bond acceptors (Lipinski definition) is 8. The molecule has 0 radical (unpaired) electrons. The highest BCUT2D eigenvalue weighted by atomic mass is 32.2. The minimum Gasteiger partial charge on any atom is -0.484 e. The van der Waals surface area contributed by atoms with Crippen molar-refractivity contribution in [3.05, 3.63) is 126 Å². The SMILES string of the molecule is O=S(=O)(Nc1ccc(CCNC[C@H](O)c2cccnc2)cc1)c1ccc(-n2ncc(COc3ccc(F)cc3F)n2)cc1. The molecular formula is C30H28F2N6O4S.